The van der Waals surface area contributed by atoms with Gasteiger partial charge < -0.3 is 14.4 Å². The summed E-state index contributed by atoms with van der Waals surface area (Å²) in [5.41, 5.74) is 4.81. The van der Waals surface area contributed by atoms with Gasteiger partial charge in [-0.15, -0.1) is 10.2 Å². The Bertz CT molecular complexity index is 1860. The maximum atomic E-state index is 14.2. The molecular formula is C33H32ClFN6O2S. The van der Waals surface area contributed by atoms with Crippen molar-refractivity contribution in [2.45, 2.75) is 44.4 Å². The molecule has 0 bridgehead atoms. The van der Waals surface area contributed by atoms with Gasteiger partial charge in [0.05, 0.1) is 11.1 Å². The second-order valence-electron chi connectivity index (χ2n) is 11.1. The van der Waals surface area contributed by atoms with Gasteiger partial charge in [-0.1, -0.05) is 59.3 Å². The molecule has 2 amide bonds. The van der Waals surface area contributed by atoms with Crippen LogP contribution in [0.2, 0.25) is 5.02 Å². The molecular weight excluding hydrogens is 599 g/mol. The van der Waals surface area contributed by atoms with Crippen molar-refractivity contribution in [3.8, 4) is 0 Å². The van der Waals surface area contributed by atoms with E-state index in [0.717, 1.165) is 33.2 Å². The lowest BCUT2D eigenvalue weighted by atomic mass is 10.1. The minimum Gasteiger partial charge on any atom is -0.339 e. The summed E-state index contributed by atoms with van der Waals surface area (Å²) in [4.78, 5) is 34.2. The first-order valence-electron chi connectivity index (χ1n) is 14.6. The summed E-state index contributed by atoms with van der Waals surface area (Å²) in [7, 11) is 0. The Balaban J connectivity index is 1.08. The van der Waals surface area contributed by atoms with Gasteiger partial charge in [-0.3, -0.25) is 9.59 Å². The number of piperazine rings is 1. The molecule has 3 heterocycles. The molecule has 1 fully saturated rings. The SMILES string of the molecule is Cc1ccc2c(c1)c1nnc(SCCCC(=O)N3CCN(C(=O)c4ccccc4F)C(C)C3)nc1n2Cc1cccc(Cl)c1. The summed E-state index contributed by atoms with van der Waals surface area (Å²) >= 11 is 7.74. The van der Waals surface area contributed by atoms with Crippen LogP contribution in [-0.2, 0) is 11.3 Å². The highest BCUT2D eigenvalue weighted by Crippen LogP contribution is 2.29. The molecule has 6 rings (SSSR count). The standard InChI is InChI=1S/C33H32ClFN6O2S/c1-21-12-13-28-26(17-21)30-31(41(28)20-23-7-5-8-24(34)18-23)36-33(38-37-30)44-16-6-11-29(42)39-14-15-40(22(2)19-39)32(43)25-9-3-4-10-27(25)35/h3-5,7-10,12-13,17-18,22H,6,11,14-16,19-20H2,1-2H3. The molecule has 1 aliphatic heterocycles. The lowest BCUT2D eigenvalue weighted by Crippen LogP contribution is -2.55. The van der Waals surface area contributed by atoms with Crippen molar-refractivity contribution in [1.29, 1.82) is 0 Å². The number of fused-ring (bicyclic) bond motifs is 3. The van der Waals surface area contributed by atoms with E-state index in [1.54, 1.807) is 21.9 Å². The van der Waals surface area contributed by atoms with Crippen LogP contribution >= 0.6 is 23.4 Å². The van der Waals surface area contributed by atoms with Gasteiger partial charge >= 0.3 is 0 Å². The van der Waals surface area contributed by atoms with Gasteiger partial charge in [-0.05, 0) is 62.2 Å². The Morgan fingerprint density at radius 2 is 1.89 bits per heavy atom. The van der Waals surface area contributed by atoms with Gasteiger partial charge in [0.15, 0.2) is 5.65 Å². The fourth-order valence-electron chi connectivity index (χ4n) is 5.71. The number of aryl methyl sites for hydroxylation is 1. The number of benzene rings is 3. The molecule has 1 aliphatic rings. The Morgan fingerprint density at radius 1 is 1.05 bits per heavy atom. The van der Waals surface area contributed by atoms with Gasteiger partial charge in [0.2, 0.25) is 11.1 Å². The van der Waals surface area contributed by atoms with Crippen molar-refractivity contribution < 1.29 is 14.0 Å². The number of hydrogen-bond donors (Lipinski definition) is 0. The third-order valence-electron chi connectivity index (χ3n) is 7.94. The third kappa shape index (κ3) is 6.27. The first-order chi connectivity index (χ1) is 21.3. The minimum absolute atomic E-state index is 0.0435. The first-order valence-corrected chi connectivity index (χ1v) is 16.0. The second kappa shape index (κ2) is 12.9. The number of carbonyl (C=O) groups excluding carboxylic acids is 2. The topological polar surface area (TPSA) is 84.2 Å². The molecule has 1 unspecified atom stereocenters. The van der Waals surface area contributed by atoms with E-state index in [2.05, 4.69) is 39.9 Å². The first kappa shape index (κ1) is 30.0. The van der Waals surface area contributed by atoms with Crippen molar-refractivity contribution in [2.24, 2.45) is 0 Å². The molecule has 5 aromatic rings. The van der Waals surface area contributed by atoms with E-state index in [4.69, 9.17) is 16.6 Å². The predicted molar refractivity (Wildman–Crippen MR) is 172 cm³/mol. The van der Waals surface area contributed by atoms with Crippen molar-refractivity contribution in [3.05, 3.63) is 94.3 Å². The summed E-state index contributed by atoms with van der Waals surface area (Å²) in [5.74, 6) is -0.168. The van der Waals surface area contributed by atoms with E-state index < -0.39 is 5.82 Å². The molecule has 1 saturated heterocycles. The smallest absolute Gasteiger partial charge is 0.257 e. The highest BCUT2D eigenvalue weighted by molar-refractivity contribution is 7.99. The van der Waals surface area contributed by atoms with Crippen LogP contribution in [0.5, 0.6) is 0 Å². The summed E-state index contributed by atoms with van der Waals surface area (Å²) in [5, 5.41) is 11.2. The van der Waals surface area contributed by atoms with Crippen LogP contribution in [0.1, 0.15) is 41.3 Å². The van der Waals surface area contributed by atoms with Crippen molar-refractivity contribution >= 4 is 57.2 Å². The van der Waals surface area contributed by atoms with E-state index >= 15 is 0 Å². The summed E-state index contributed by atoms with van der Waals surface area (Å²) in [6.45, 7) is 5.76. The Labute approximate surface area is 264 Å². The van der Waals surface area contributed by atoms with Gasteiger partial charge in [-0.2, -0.15) is 0 Å². The molecule has 0 N–H and O–H groups in total. The van der Waals surface area contributed by atoms with E-state index in [1.807, 2.05) is 31.2 Å². The highest BCUT2D eigenvalue weighted by Gasteiger charge is 2.31. The Hall–Kier alpha value is -4.02. The fraction of sp³-hybridized carbons (Fsp3) is 0.303. The van der Waals surface area contributed by atoms with E-state index in [0.29, 0.717) is 55.0 Å². The molecule has 0 spiro atoms. The van der Waals surface area contributed by atoms with Crippen LogP contribution in [0.25, 0.3) is 22.1 Å². The minimum atomic E-state index is -0.531. The number of carbonyl (C=O) groups is 2. The van der Waals surface area contributed by atoms with Crippen LogP contribution in [0.3, 0.4) is 0 Å². The van der Waals surface area contributed by atoms with Crippen LogP contribution in [0.4, 0.5) is 4.39 Å². The average Bonchev–Trinajstić information content (AvgIpc) is 3.30. The monoisotopic (exact) mass is 630 g/mol. The second-order valence-corrected chi connectivity index (χ2v) is 12.6. The van der Waals surface area contributed by atoms with Crippen LogP contribution in [0, 0.1) is 12.7 Å². The molecule has 11 heteroatoms. The van der Waals surface area contributed by atoms with Gasteiger partial charge in [-0.25, -0.2) is 9.37 Å². The zero-order valence-corrected chi connectivity index (χ0v) is 26.1. The van der Waals surface area contributed by atoms with Gasteiger partial charge in [0.25, 0.3) is 5.91 Å². The summed E-state index contributed by atoms with van der Waals surface area (Å²) in [6.07, 6.45) is 1.03. The number of thioether (sulfide) groups is 1. The van der Waals surface area contributed by atoms with Gasteiger partial charge in [0, 0.05) is 54.8 Å². The quantitative estimate of drug-likeness (QED) is 0.146. The Kier molecular flexibility index (Phi) is 8.81. The fourth-order valence-corrected chi connectivity index (χ4v) is 6.65. The number of nitrogens with zero attached hydrogens (tertiary/aromatic N) is 6. The number of rotatable bonds is 8. The highest BCUT2D eigenvalue weighted by atomic mass is 35.5. The molecule has 8 nitrogen and oxygen atoms in total. The predicted octanol–water partition coefficient (Wildman–Crippen LogP) is 6.37. The maximum absolute atomic E-state index is 14.2. The van der Waals surface area contributed by atoms with Crippen LogP contribution in [0.15, 0.2) is 71.9 Å². The molecule has 0 radical (unpaired) electrons. The molecule has 3 aromatic carbocycles. The molecule has 0 saturated carbocycles. The number of aromatic nitrogens is 4. The normalized spacial score (nSPS) is 15.3. The molecule has 0 aliphatic carbocycles. The zero-order chi connectivity index (χ0) is 30.8. The average molecular weight is 631 g/mol. The zero-order valence-electron chi connectivity index (χ0n) is 24.5. The molecule has 44 heavy (non-hydrogen) atoms. The Morgan fingerprint density at radius 3 is 2.68 bits per heavy atom. The third-order valence-corrected chi connectivity index (χ3v) is 9.10. The molecule has 2 aromatic heterocycles. The number of halogens is 2. The van der Waals surface area contributed by atoms with Crippen molar-refractivity contribution in [1.82, 2.24) is 29.5 Å². The van der Waals surface area contributed by atoms with Crippen LogP contribution in [-0.4, -0.2) is 72.8 Å². The van der Waals surface area contributed by atoms with Crippen molar-refractivity contribution in [2.75, 3.05) is 25.4 Å². The number of amides is 2. The van der Waals surface area contributed by atoms with Crippen molar-refractivity contribution in [3.63, 3.8) is 0 Å². The maximum Gasteiger partial charge on any atom is 0.257 e. The molecule has 1 atom stereocenters. The van der Waals surface area contributed by atoms with Crippen LogP contribution < -0.4 is 0 Å². The lowest BCUT2D eigenvalue weighted by molar-refractivity contribution is -0.133. The van der Waals surface area contributed by atoms with E-state index in [9.17, 15) is 14.0 Å². The number of hydrogen-bond acceptors (Lipinski definition) is 6. The lowest BCUT2D eigenvalue weighted by Gasteiger charge is -2.40. The molecule has 226 valence electrons. The van der Waals surface area contributed by atoms with E-state index in [1.165, 1.54) is 23.9 Å². The van der Waals surface area contributed by atoms with Gasteiger partial charge in [0.1, 0.15) is 11.3 Å². The summed E-state index contributed by atoms with van der Waals surface area (Å²) < 4.78 is 16.3. The van der Waals surface area contributed by atoms with E-state index in [-0.39, 0.29) is 23.4 Å². The largest absolute Gasteiger partial charge is 0.339 e. The summed E-state index contributed by atoms with van der Waals surface area (Å²) in [6, 6.07) is 19.9.